The molecule has 2 aliphatic rings. The predicted octanol–water partition coefficient (Wildman–Crippen LogP) is 1.77. The van der Waals surface area contributed by atoms with Gasteiger partial charge >= 0.3 is 6.09 Å². The molecule has 3 heterocycles. The number of hydrogen-bond acceptors (Lipinski definition) is 6. The Balaban J connectivity index is 1.54. The molecule has 0 saturated carbocycles. The Morgan fingerprint density at radius 1 is 1.28 bits per heavy atom. The molecule has 0 aliphatic carbocycles. The number of halogens is 1. The van der Waals surface area contributed by atoms with Crippen molar-refractivity contribution in [3.05, 3.63) is 29.8 Å². The molecule has 1 spiro atoms. The molecule has 4 rings (SSSR count). The van der Waals surface area contributed by atoms with Gasteiger partial charge in [0.2, 0.25) is 5.88 Å². The molecular weight excluding hydrogens is 327 g/mol. The number of aldehydes is 1. The van der Waals surface area contributed by atoms with Crippen molar-refractivity contribution in [2.45, 2.75) is 12.8 Å². The normalized spacial score (nSPS) is 18.8. The van der Waals surface area contributed by atoms with E-state index in [1.54, 1.807) is 4.90 Å². The standard InChI is InChI=1S/C17H17FN4O3/c18-13-6-14-12(5-11(13)7-23)15(21-10-20-14)25-16(24)22-3-1-17(2-4-22)8-19-9-17/h5-7,10,19H,1-4,8-9H2. The van der Waals surface area contributed by atoms with Crippen molar-refractivity contribution in [3.8, 4) is 5.88 Å². The topological polar surface area (TPSA) is 84.4 Å². The lowest BCUT2D eigenvalue weighted by atomic mass is 9.73. The van der Waals surface area contributed by atoms with Crippen molar-refractivity contribution < 1.29 is 18.7 Å². The van der Waals surface area contributed by atoms with Crippen molar-refractivity contribution >= 4 is 23.3 Å². The third-order valence-corrected chi connectivity index (χ3v) is 5.11. The Hall–Kier alpha value is -2.61. The number of ether oxygens (including phenoxy) is 1. The van der Waals surface area contributed by atoms with Crippen LogP contribution in [0, 0.1) is 11.2 Å². The molecule has 0 radical (unpaired) electrons. The maximum absolute atomic E-state index is 13.7. The third kappa shape index (κ3) is 2.82. The summed E-state index contributed by atoms with van der Waals surface area (Å²) in [5, 5.41) is 3.61. The van der Waals surface area contributed by atoms with Gasteiger partial charge in [0.15, 0.2) is 6.29 Å². The van der Waals surface area contributed by atoms with Crippen LogP contribution in [-0.4, -0.2) is 53.4 Å². The zero-order valence-electron chi connectivity index (χ0n) is 13.5. The van der Waals surface area contributed by atoms with Crippen LogP contribution < -0.4 is 10.1 Å². The van der Waals surface area contributed by atoms with E-state index in [1.807, 2.05) is 0 Å². The fourth-order valence-electron chi connectivity index (χ4n) is 3.39. The molecule has 25 heavy (non-hydrogen) atoms. The van der Waals surface area contributed by atoms with E-state index in [-0.39, 0.29) is 17.0 Å². The largest absolute Gasteiger partial charge is 0.416 e. The highest BCUT2D eigenvalue weighted by molar-refractivity contribution is 5.91. The van der Waals surface area contributed by atoms with Gasteiger partial charge in [0, 0.05) is 32.2 Å². The van der Waals surface area contributed by atoms with Crippen molar-refractivity contribution in [2.24, 2.45) is 5.41 Å². The summed E-state index contributed by atoms with van der Waals surface area (Å²) in [6.45, 7) is 3.29. The van der Waals surface area contributed by atoms with Gasteiger partial charge in [-0.1, -0.05) is 0 Å². The first-order chi connectivity index (χ1) is 12.1. The molecule has 0 atom stereocenters. The van der Waals surface area contributed by atoms with Gasteiger partial charge in [-0.2, -0.15) is 0 Å². The summed E-state index contributed by atoms with van der Waals surface area (Å²) in [6.07, 6.45) is 3.01. The van der Waals surface area contributed by atoms with Gasteiger partial charge in [0.1, 0.15) is 12.1 Å². The van der Waals surface area contributed by atoms with Crippen LogP contribution >= 0.6 is 0 Å². The first-order valence-corrected chi connectivity index (χ1v) is 8.17. The Morgan fingerprint density at radius 2 is 2.04 bits per heavy atom. The molecular formula is C17H17FN4O3. The molecule has 2 aliphatic heterocycles. The van der Waals surface area contributed by atoms with E-state index in [2.05, 4.69) is 15.3 Å². The van der Waals surface area contributed by atoms with Gasteiger partial charge in [-0.05, 0) is 24.3 Å². The van der Waals surface area contributed by atoms with E-state index in [0.29, 0.717) is 30.2 Å². The van der Waals surface area contributed by atoms with E-state index < -0.39 is 11.9 Å². The first kappa shape index (κ1) is 15.9. The van der Waals surface area contributed by atoms with Gasteiger partial charge in [0.05, 0.1) is 16.5 Å². The predicted molar refractivity (Wildman–Crippen MR) is 87.0 cm³/mol. The summed E-state index contributed by atoms with van der Waals surface area (Å²) in [6, 6.07) is 2.43. The number of rotatable bonds is 2. The van der Waals surface area contributed by atoms with E-state index in [9.17, 15) is 14.0 Å². The molecule has 0 bridgehead atoms. The highest BCUT2D eigenvalue weighted by atomic mass is 19.1. The second-order valence-corrected chi connectivity index (χ2v) is 6.65. The molecule has 130 valence electrons. The number of hydrogen-bond donors (Lipinski definition) is 1. The third-order valence-electron chi connectivity index (χ3n) is 5.11. The lowest BCUT2D eigenvalue weighted by molar-refractivity contribution is 0.0566. The van der Waals surface area contributed by atoms with Crippen LogP contribution in [0.5, 0.6) is 5.88 Å². The Kier molecular flexibility index (Phi) is 3.84. The number of piperidine rings is 1. The maximum atomic E-state index is 13.7. The average Bonchev–Trinajstić information content (AvgIpc) is 2.60. The number of fused-ring (bicyclic) bond motifs is 1. The van der Waals surface area contributed by atoms with Crippen molar-refractivity contribution in [3.63, 3.8) is 0 Å². The fraction of sp³-hybridized carbons (Fsp3) is 0.412. The van der Waals surface area contributed by atoms with E-state index in [1.165, 1.54) is 12.4 Å². The van der Waals surface area contributed by atoms with Crippen LogP contribution in [0.2, 0.25) is 0 Å². The van der Waals surface area contributed by atoms with Gasteiger partial charge in [-0.25, -0.2) is 19.2 Å². The molecule has 1 aromatic heterocycles. The summed E-state index contributed by atoms with van der Waals surface area (Å²) in [7, 11) is 0. The molecule has 1 N–H and O–H groups in total. The highest BCUT2D eigenvalue weighted by Crippen LogP contribution is 2.35. The number of aromatic nitrogens is 2. The average molecular weight is 344 g/mol. The summed E-state index contributed by atoms with van der Waals surface area (Å²) in [4.78, 5) is 33.0. The van der Waals surface area contributed by atoms with Gasteiger partial charge in [-0.15, -0.1) is 0 Å². The van der Waals surface area contributed by atoms with Crippen molar-refractivity contribution in [1.82, 2.24) is 20.2 Å². The van der Waals surface area contributed by atoms with Crippen molar-refractivity contribution in [1.29, 1.82) is 0 Å². The van der Waals surface area contributed by atoms with Crippen LogP contribution in [0.25, 0.3) is 10.9 Å². The van der Waals surface area contributed by atoms with Gasteiger partial charge < -0.3 is 15.0 Å². The molecule has 1 amide bonds. The number of carbonyl (C=O) groups excluding carboxylic acids is 2. The minimum atomic E-state index is -0.672. The monoisotopic (exact) mass is 344 g/mol. The second-order valence-electron chi connectivity index (χ2n) is 6.65. The maximum Gasteiger partial charge on any atom is 0.416 e. The molecule has 2 aromatic rings. The van der Waals surface area contributed by atoms with Crippen molar-refractivity contribution in [2.75, 3.05) is 26.2 Å². The van der Waals surface area contributed by atoms with Crippen LogP contribution in [0.3, 0.4) is 0 Å². The van der Waals surface area contributed by atoms with E-state index in [0.717, 1.165) is 32.0 Å². The smallest absolute Gasteiger partial charge is 0.390 e. The summed E-state index contributed by atoms with van der Waals surface area (Å²) >= 11 is 0. The zero-order chi connectivity index (χ0) is 17.4. The molecule has 2 fully saturated rings. The fourth-order valence-corrected chi connectivity index (χ4v) is 3.39. The Morgan fingerprint density at radius 3 is 2.68 bits per heavy atom. The minimum absolute atomic E-state index is 0.0312. The number of nitrogens with zero attached hydrogens (tertiary/aromatic N) is 3. The Labute approximate surface area is 143 Å². The zero-order valence-corrected chi connectivity index (χ0v) is 13.5. The number of carbonyl (C=O) groups is 2. The quantitative estimate of drug-likeness (QED) is 0.836. The Bertz CT molecular complexity index is 843. The van der Waals surface area contributed by atoms with Gasteiger partial charge in [-0.3, -0.25) is 4.79 Å². The lowest BCUT2D eigenvalue weighted by Crippen LogP contribution is -2.59. The molecule has 1 aromatic carbocycles. The summed E-state index contributed by atoms with van der Waals surface area (Å²) in [5.41, 5.74) is 0.477. The molecule has 0 unspecified atom stereocenters. The van der Waals surface area contributed by atoms with E-state index in [4.69, 9.17) is 4.74 Å². The minimum Gasteiger partial charge on any atom is -0.390 e. The lowest BCUT2D eigenvalue weighted by Gasteiger charge is -2.47. The SMILES string of the molecule is O=Cc1cc2c(OC(=O)N3CCC4(CC3)CNC4)ncnc2cc1F. The van der Waals surface area contributed by atoms with Crippen LogP contribution in [0.15, 0.2) is 18.5 Å². The van der Waals surface area contributed by atoms with Crippen LogP contribution in [0.1, 0.15) is 23.2 Å². The van der Waals surface area contributed by atoms with Crippen LogP contribution in [0.4, 0.5) is 9.18 Å². The van der Waals surface area contributed by atoms with E-state index >= 15 is 0 Å². The summed E-state index contributed by atoms with van der Waals surface area (Å²) in [5.74, 6) is -0.641. The van der Waals surface area contributed by atoms with Crippen LogP contribution in [-0.2, 0) is 0 Å². The number of benzene rings is 1. The molecule has 2 saturated heterocycles. The number of amides is 1. The first-order valence-electron chi connectivity index (χ1n) is 8.17. The summed E-state index contributed by atoms with van der Waals surface area (Å²) < 4.78 is 19.1. The highest BCUT2D eigenvalue weighted by Gasteiger charge is 2.41. The molecule has 7 nitrogen and oxygen atoms in total. The number of likely N-dealkylation sites (tertiary alicyclic amines) is 1. The second kappa shape index (κ2) is 6.03. The van der Waals surface area contributed by atoms with Gasteiger partial charge in [0.25, 0.3) is 0 Å². The number of nitrogens with one attached hydrogen (secondary N) is 1. The molecule has 8 heteroatoms.